The zero-order chi connectivity index (χ0) is 4.41. The van der Waals surface area contributed by atoms with Crippen molar-refractivity contribution in [1.29, 1.82) is 0 Å². The minimum absolute atomic E-state index is 0.0370. The second kappa shape index (κ2) is 1.12. The molecule has 0 amide bonds. The van der Waals surface area contributed by atoms with E-state index in [2.05, 4.69) is 20.7 Å². The van der Waals surface area contributed by atoms with Crippen LogP contribution in [0.1, 0.15) is 6.92 Å². The molecule has 1 aliphatic heterocycles. The molecule has 0 spiro atoms. The van der Waals surface area contributed by atoms with Crippen molar-refractivity contribution in [3.63, 3.8) is 0 Å². The molecule has 0 atom stereocenters. The highest BCUT2D eigenvalue weighted by atomic mass is 15.5. The molecule has 1 heterocycles. The van der Waals surface area contributed by atoms with E-state index in [1.165, 1.54) is 0 Å². The van der Waals surface area contributed by atoms with Gasteiger partial charge in [0.25, 0.3) is 0 Å². The Hall–Kier alpha value is -0.800. The zero-order valence-corrected chi connectivity index (χ0v) is 3.37. The first kappa shape index (κ1) is 3.39. The lowest BCUT2D eigenvalue weighted by Gasteiger charge is -1.77. The lowest BCUT2D eigenvalue weighted by atomic mass is 10.7. The van der Waals surface area contributed by atoms with E-state index >= 15 is 0 Å². The molecule has 0 aromatic heterocycles. The first-order valence-corrected chi connectivity index (χ1v) is 1.69. The lowest BCUT2D eigenvalue weighted by Crippen LogP contribution is -1.81. The molecule has 0 radical (unpaired) electrons. The molecule has 32 valence electrons. The second-order valence-corrected chi connectivity index (χ2v) is 1.04. The van der Waals surface area contributed by atoms with Crippen LogP contribution >= 0.6 is 0 Å². The fraction of sp³-hybridized carbons (Fsp3) is 1.00. The van der Waals surface area contributed by atoms with Gasteiger partial charge in [-0.1, -0.05) is 0 Å². The van der Waals surface area contributed by atoms with Crippen LogP contribution in [0.25, 0.3) is 0 Å². The molecule has 0 fully saturated rings. The van der Waals surface area contributed by atoms with Crippen molar-refractivity contribution < 1.29 is 0 Å². The summed E-state index contributed by atoms with van der Waals surface area (Å²) in [5.41, 5.74) is 0. The molecule has 4 nitrogen and oxygen atoms in total. The summed E-state index contributed by atoms with van der Waals surface area (Å²) in [6.07, 6.45) is -0.0370. The molecular weight excluding hydrogens is 80.0 g/mol. The zero-order valence-electron chi connectivity index (χ0n) is 3.37. The van der Waals surface area contributed by atoms with Crippen molar-refractivity contribution >= 4 is 0 Å². The van der Waals surface area contributed by atoms with Crippen LogP contribution in [0, 0.1) is 0 Å². The molecule has 4 heteroatoms. The summed E-state index contributed by atoms with van der Waals surface area (Å²) in [4.78, 5) is 0. The minimum atomic E-state index is -0.0370. The van der Waals surface area contributed by atoms with Gasteiger partial charge in [-0.25, -0.2) is 0 Å². The molecule has 0 saturated carbocycles. The molecule has 0 bridgehead atoms. The summed E-state index contributed by atoms with van der Waals surface area (Å²) in [5.74, 6) is 0. The van der Waals surface area contributed by atoms with Gasteiger partial charge in [0.05, 0.1) is 0 Å². The summed E-state index contributed by atoms with van der Waals surface area (Å²) >= 11 is 0. The van der Waals surface area contributed by atoms with Gasteiger partial charge in [0.1, 0.15) is 0 Å². The van der Waals surface area contributed by atoms with E-state index in [-0.39, 0.29) is 6.17 Å². The van der Waals surface area contributed by atoms with Gasteiger partial charge in [0.2, 0.25) is 0 Å². The topological polar surface area (TPSA) is 49.4 Å². The van der Waals surface area contributed by atoms with Crippen LogP contribution in [-0.4, -0.2) is 6.17 Å². The first-order chi connectivity index (χ1) is 2.89. The summed E-state index contributed by atoms with van der Waals surface area (Å²) in [5, 5.41) is 13.6. The maximum atomic E-state index is 3.53. The van der Waals surface area contributed by atoms with E-state index in [0.717, 1.165) is 0 Å². The molecule has 0 aromatic carbocycles. The number of hydrogen-bond donors (Lipinski definition) is 0. The predicted molar refractivity (Wildman–Crippen MR) is 19.2 cm³/mol. The fourth-order valence-electron chi connectivity index (χ4n) is 0.219. The van der Waals surface area contributed by atoms with Gasteiger partial charge in [-0.15, -0.1) is 10.2 Å². The highest BCUT2D eigenvalue weighted by Gasteiger charge is 1.96. The van der Waals surface area contributed by atoms with Crippen LogP contribution in [0.5, 0.6) is 0 Å². The molecule has 0 saturated heterocycles. The minimum Gasteiger partial charge on any atom is -0.138 e. The Bertz CT molecular complexity index is 81.7. The van der Waals surface area contributed by atoms with E-state index < -0.39 is 0 Å². The van der Waals surface area contributed by atoms with Gasteiger partial charge >= 0.3 is 0 Å². The molecule has 0 aromatic rings. The molecule has 1 rings (SSSR count). The summed E-state index contributed by atoms with van der Waals surface area (Å²) < 4.78 is 0. The van der Waals surface area contributed by atoms with Crippen LogP contribution in [0.15, 0.2) is 20.7 Å². The summed E-state index contributed by atoms with van der Waals surface area (Å²) in [6, 6.07) is 0. The monoisotopic (exact) mass is 84.0 g/mol. The Morgan fingerprint density at radius 2 is 1.67 bits per heavy atom. The highest BCUT2D eigenvalue weighted by molar-refractivity contribution is 4.49. The number of hydrogen-bond acceptors (Lipinski definition) is 4. The Kier molecular flexibility index (Phi) is 0.633. The molecule has 0 N–H and O–H groups in total. The third-order valence-electron chi connectivity index (χ3n) is 0.477. The number of nitrogens with zero attached hydrogens (tertiary/aromatic N) is 4. The average molecular weight is 84.1 g/mol. The average Bonchev–Trinajstić information content (AvgIpc) is 1.86. The molecule has 6 heavy (non-hydrogen) atoms. The normalized spacial score (nSPS) is 20.2. The van der Waals surface area contributed by atoms with Crippen LogP contribution in [0.2, 0.25) is 0 Å². The van der Waals surface area contributed by atoms with E-state index in [0.29, 0.717) is 0 Å². The van der Waals surface area contributed by atoms with Gasteiger partial charge in [-0.2, -0.15) is 0 Å². The molecule has 0 aliphatic carbocycles. The Morgan fingerprint density at radius 1 is 1.17 bits per heavy atom. The van der Waals surface area contributed by atoms with E-state index in [1.54, 1.807) is 0 Å². The van der Waals surface area contributed by atoms with E-state index in [4.69, 9.17) is 0 Å². The van der Waals surface area contributed by atoms with Crippen molar-refractivity contribution in [3.8, 4) is 0 Å². The largest absolute Gasteiger partial charge is 0.182 e. The smallest absolute Gasteiger partial charge is 0.138 e. The van der Waals surface area contributed by atoms with Crippen molar-refractivity contribution in [2.75, 3.05) is 0 Å². The maximum Gasteiger partial charge on any atom is 0.182 e. The third-order valence-corrected chi connectivity index (χ3v) is 0.477. The summed E-state index contributed by atoms with van der Waals surface area (Å²) in [7, 11) is 0. The molecule has 1 aliphatic rings. The van der Waals surface area contributed by atoms with Crippen LogP contribution in [-0.2, 0) is 0 Å². The lowest BCUT2D eigenvalue weighted by molar-refractivity contribution is 0.781. The fourth-order valence-corrected chi connectivity index (χ4v) is 0.219. The van der Waals surface area contributed by atoms with E-state index in [9.17, 15) is 0 Å². The summed E-state index contributed by atoms with van der Waals surface area (Å²) in [6.45, 7) is 1.82. The quantitative estimate of drug-likeness (QED) is 0.423. The van der Waals surface area contributed by atoms with Crippen LogP contribution in [0.4, 0.5) is 0 Å². The Labute approximate surface area is 35.0 Å². The van der Waals surface area contributed by atoms with Crippen LogP contribution in [0.3, 0.4) is 0 Å². The SMILES string of the molecule is CC1N=NN=N1. The van der Waals surface area contributed by atoms with Crippen molar-refractivity contribution in [3.05, 3.63) is 0 Å². The van der Waals surface area contributed by atoms with Gasteiger partial charge in [0.15, 0.2) is 6.17 Å². The molecular formula is C2H4N4. The van der Waals surface area contributed by atoms with Gasteiger partial charge in [-0.3, -0.25) is 0 Å². The van der Waals surface area contributed by atoms with Gasteiger partial charge in [0, 0.05) is 0 Å². The van der Waals surface area contributed by atoms with Gasteiger partial charge < -0.3 is 0 Å². The van der Waals surface area contributed by atoms with Crippen molar-refractivity contribution in [1.82, 2.24) is 0 Å². The highest BCUT2D eigenvalue weighted by Crippen LogP contribution is 2.00. The maximum absolute atomic E-state index is 3.53. The Morgan fingerprint density at radius 3 is 1.83 bits per heavy atom. The molecule has 0 unspecified atom stereocenters. The Balaban J connectivity index is 2.60. The first-order valence-electron chi connectivity index (χ1n) is 1.69. The standard InChI is InChI=1S/C2H4N4/c1-2-3-5-6-4-2/h2H,1H3. The number of rotatable bonds is 0. The van der Waals surface area contributed by atoms with Crippen molar-refractivity contribution in [2.45, 2.75) is 13.1 Å². The second-order valence-electron chi connectivity index (χ2n) is 1.04. The van der Waals surface area contributed by atoms with Gasteiger partial charge in [-0.05, 0) is 17.4 Å². The third kappa shape index (κ3) is 0.403. The van der Waals surface area contributed by atoms with Crippen molar-refractivity contribution in [2.24, 2.45) is 20.7 Å². The predicted octanol–water partition coefficient (Wildman–Crippen LogP) is 1.17. The van der Waals surface area contributed by atoms with Crippen LogP contribution < -0.4 is 0 Å². The van der Waals surface area contributed by atoms with E-state index in [1.807, 2.05) is 6.92 Å².